The summed E-state index contributed by atoms with van der Waals surface area (Å²) in [5.74, 6) is -0.854. The van der Waals surface area contributed by atoms with Gasteiger partial charge in [-0.15, -0.1) is 0 Å². The standard InChI is InChI=1S/C10H19NO3/c1-2-3-4-7-11-9(8-12)5-6-10(13)14/h8-9,11H,2-7H2,1H3,(H,13,14)/t9-/m1/s1. The second-order valence-electron chi connectivity index (χ2n) is 3.34. The molecule has 14 heavy (non-hydrogen) atoms. The van der Waals surface area contributed by atoms with Crippen molar-refractivity contribution in [2.75, 3.05) is 6.54 Å². The van der Waals surface area contributed by atoms with Gasteiger partial charge in [0.1, 0.15) is 6.29 Å². The van der Waals surface area contributed by atoms with Gasteiger partial charge in [0.15, 0.2) is 0 Å². The Morgan fingerprint density at radius 2 is 2.21 bits per heavy atom. The Labute approximate surface area is 84.7 Å². The monoisotopic (exact) mass is 201 g/mol. The van der Waals surface area contributed by atoms with Crippen LogP contribution in [0.4, 0.5) is 0 Å². The van der Waals surface area contributed by atoms with Crippen LogP contribution in [0.2, 0.25) is 0 Å². The first kappa shape index (κ1) is 13.1. The topological polar surface area (TPSA) is 66.4 Å². The molecule has 0 aromatic rings. The van der Waals surface area contributed by atoms with Crippen molar-refractivity contribution in [3.8, 4) is 0 Å². The van der Waals surface area contributed by atoms with Crippen LogP contribution in [-0.4, -0.2) is 29.9 Å². The summed E-state index contributed by atoms with van der Waals surface area (Å²) in [7, 11) is 0. The molecular weight excluding hydrogens is 182 g/mol. The lowest BCUT2D eigenvalue weighted by molar-refractivity contribution is -0.137. The lowest BCUT2D eigenvalue weighted by Crippen LogP contribution is -2.31. The summed E-state index contributed by atoms with van der Waals surface area (Å²) in [4.78, 5) is 20.8. The average Bonchev–Trinajstić information content (AvgIpc) is 2.16. The van der Waals surface area contributed by atoms with Crippen molar-refractivity contribution in [3.63, 3.8) is 0 Å². The van der Waals surface area contributed by atoms with Gasteiger partial charge in [0, 0.05) is 6.42 Å². The van der Waals surface area contributed by atoms with Crippen LogP contribution in [0.3, 0.4) is 0 Å². The van der Waals surface area contributed by atoms with Crippen molar-refractivity contribution in [2.45, 2.75) is 45.1 Å². The maximum atomic E-state index is 10.5. The van der Waals surface area contributed by atoms with Gasteiger partial charge in [-0.2, -0.15) is 0 Å². The number of carboxylic acids is 1. The predicted octanol–water partition coefficient (Wildman–Crippen LogP) is 1.20. The zero-order valence-electron chi connectivity index (χ0n) is 8.66. The van der Waals surface area contributed by atoms with E-state index < -0.39 is 5.97 Å². The third-order valence-electron chi connectivity index (χ3n) is 2.02. The quantitative estimate of drug-likeness (QED) is 0.434. The molecule has 4 nitrogen and oxygen atoms in total. The summed E-state index contributed by atoms with van der Waals surface area (Å²) in [5.41, 5.74) is 0. The molecule has 4 heteroatoms. The molecule has 0 aliphatic carbocycles. The van der Waals surface area contributed by atoms with Crippen LogP contribution in [0.1, 0.15) is 39.0 Å². The van der Waals surface area contributed by atoms with Crippen molar-refractivity contribution in [2.24, 2.45) is 0 Å². The fourth-order valence-electron chi connectivity index (χ4n) is 1.16. The van der Waals surface area contributed by atoms with Crippen LogP contribution < -0.4 is 5.32 Å². The van der Waals surface area contributed by atoms with Gasteiger partial charge in [0.05, 0.1) is 6.04 Å². The molecule has 0 unspecified atom stereocenters. The number of hydrogen-bond donors (Lipinski definition) is 2. The largest absolute Gasteiger partial charge is 0.481 e. The van der Waals surface area contributed by atoms with Gasteiger partial charge in [-0.1, -0.05) is 19.8 Å². The number of aldehydes is 1. The molecule has 0 heterocycles. The number of hydrogen-bond acceptors (Lipinski definition) is 3. The zero-order valence-corrected chi connectivity index (χ0v) is 8.66. The molecule has 0 aromatic carbocycles. The first-order valence-electron chi connectivity index (χ1n) is 5.11. The number of rotatable bonds is 9. The third kappa shape index (κ3) is 7.73. The molecule has 82 valence electrons. The van der Waals surface area contributed by atoms with E-state index >= 15 is 0 Å². The molecule has 0 aromatic heterocycles. The minimum absolute atomic E-state index is 0.0458. The van der Waals surface area contributed by atoms with Gasteiger partial charge in [0.2, 0.25) is 0 Å². The van der Waals surface area contributed by atoms with Gasteiger partial charge in [-0.05, 0) is 19.4 Å². The van der Waals surface area contributed by atoms with Gasteiger partial charge < -0.3 is 15.2 Å². The van der Waals surface area contributed by atoms with E-state index in [9.17, 15) is 9.59 Å². The smallest absolute Gasteiger partial charge is 0.303 e. The van der Waals surface area contributed by atoms with Crippen LogP contribution >= 0.6 is 0 Å². The Kier molecular flexibility index (Phi) is 8.13. The molecule has 0 aliphatic heterocycles. The molecule has 0 bridgehead atoms. The Balaban J connectivity index is 3.47. The van der Waals surface area contributed by atoms with Gasteiger partial charge >= 0.3 is 5.97 Å². The van der Waals surface area contributed by atoms with Gasteiger partial charge in [-0.3, -0.25) is 4.79 Å². The second-order valence-corrected chi connectivity index (χ2v) is 3.34. The number of carboxylic acid groups (broad SMARTS) is 1. The van der Waals surface area contributed by atoms with E-state index in [4.69, 9.17) is 5.11 Å². The molecule has 0 fully saturated rings. The van der Waals surface area contributed by atoms with E-state index in [2.05, 4.69) is 12.2 Å². The number of aliphatic carboxylic acids is 1. The molecular formula is C10H19NO3. The summed E-state index contributed by atoms with van der Waals surface area (Å²) in [6, 6.07) is -0.303. The van der Waals surface area contributed by atoms with E-state index in [0.29, 0.717) is 6.42 Å². The van der Waals surface area contributed by atoms with Crippen LogP contribution in [-0.2, 0) is 9.59 Å². The molecule has 0 saturated heterocycles. The molecule has 1 atom stereocenters. The highest BCUT2D eigenvalue weighted by Gasteiger charge is 2.07. The molecule has 0 aliphatic rings. The van der Waals surface area contributed by atoms with Crippen LogP contribution in [0, 0.1) is 0 Å². The lowest BCUT2D eigenvalue weighted by Gasteiger charge is -2.10. The van der Waals surface area contributed by atoms with E-state index in [0.717, 1.165) is 32.1 Å². The Morgan fingerprint density at radius 3 is 2.71 bits per heavy atom. The van der Waals surface area contributed by atoms with Crippen molar-refractivity contribution in [1.82, 2.24) is 5.32 Å². The average molecular weight is 201 g/mol. The summed E-state index contributed by atoms with van der Waals surface area (Å²) in [6.45, 7) is 2.90. The van der Waals surface area contributed by atoms with Crippen LogP contribution in [0.15, 0.2) is 0 Å². The van der Waals surface area contributed by atoms with Gasteiger partial charge in [0.25, 0.3) is 0 Å². The predicted molar refractivity (Wildman–Crippen MR) is 54.2 cm³/mol. The molecule has 0 amide bonds. The van der Waals surface area contributed by atoms with Crippen molar-refractivity contribution < 1.29 is 14.7 Å². The van der Waals surface area contributed by atoms with Crippen LogP contribution in [0.25, 0.3) is 0 Å². The minimum Gasteiger partial charge on any atom is -0.481 e. The summed E-state index contributed by atoms with van der Waals surface area (Å²) in [6.07, 6.45) is 4.53. The zero-order chi connectivity index (χ0) is 10.8. The minimum atomic E-state index is -0.854. The van der Waals surface area contributed by atoms with E-state index in [-0.39, 0.29) is 12.5 Å². The normalized spacial score (nSPS) is 12.4. The Morgan fingerprint density at radius 1 is 1.50 bits per heavy atom. The fraction of sp³-hybridized carbons (Fsp3) is 0.800. The summed E-state index contributed by atoms with van der Waals surface area (Å²) in [5, 5.41) is 11.5. The lowest BCUT2D eigenvalue weighted by atomic mass is 10.1. The number of unbranched alkanes of at least 4 members (excludes halogenated alkanes) is 2. The SMILES string of the molecule is CCCCCN[C@@H](C=O)CCC(=O)O. The molecule has 2 N–H and O–H groups in total. The second kappa shape index (κ2) is 8.69. The van der Waals surface area contributed by atoms with Crippen molar-refractivity contribution in [1.29, 1.82) is 0 Å². The Bertz CT molecular complexity index is 171. The molecule has 0 radical (unpaired) electrons. The van der Waals surface area contributed by atoms with E-state index in [1.54, 1.807) is 0 Å². The first-order chi connectivity index (χ1) is 6.70. The highest BCUT2D eigenvalue weighted by atomic mass is 16.4. The van der Waals surface area contributed by atoms with E-state index in [1.807, 2.05) is 0 Å². The molecule has 0 saturated carbocycles. The number of nitrogens with one attached hydrogen (secondary N) is 1. The first-order valence-corrected chi connectivity index (χ1v) is 5.11. The summed E-state index contributed by atoms with van der Waals surface area (Å²) < 4.78 is 0. The molecule has 0 spiro atoms. The fourth-order valence-corrected chi connectivity index (χ4v) is 1.16. The maximum Gasteiger partial charge on any atom is 0.303 e. The highest BCUT2D eigenvalue weighted by Crippen LogP contribution is 1.97. The Hall–Kier alpha value is -0.900. The third-order valence-corrected chi connectivity index (χ3v) is 2.02. The number of carbonyl (C=O) groups is 2. The van der Waals surface area contributed by atoms with Crippen molar-refractivity contribution >= 4 is 12.3 Å². The van der Waals surface area contributed by atoms with Gasteiger partial charge in [-0.25, -0.2) is 0 Å². The number of carbonyl (C=O) groups excluding carboxylic acids is 1. The van der Waals surface area contributed by atoms with Crippen molar-refractivity contribution in [3.05, 3.63) is 0 Å². The van der Waals surface area contributed by atoms with E-state index in [1.165, 1.54) is 0 Å². The maximum absolute atomic E-state index is 10.5. The highest BCUT2D eigenvalue weighted by molar-refractivity contribution is 5.68. The van der Waals surface area contributed by atoms with Crippen LogP contribution in [0.5, 0.6) is 0 Å². The molecule has 0 rings (SSSR count). The summed E-state index contributed by atoms with van der Waals surface area (Å²) >= 11 is 0.